The molecule has 3 heterocycles. The molecule has 35 heavy (non-hydrogen) atoms. The molecule has 0 amide bonds. The van der Waals surface area contributed by atoms with Crippen molar-refractivity contribution in [3.63, 3.8) is 0 Å². The number of nitrogens with one attached hydrogen (secondary N) is 3. The molecule has 178 valence electrons. The van der Waals surface area contributed by atoms with Gasteiger partial charge >= 0.3 is 0 Å². The summed E-state index contributed by atoms with van der Waals surface area (Å²) in [6.07, 6.45) is 6.51. The van der Waals surface area contributed by atoms with Gasteiger partial charge in [-0.15, -0.1) is 15.3 Å². The minimum atomic E-state index is -0.797. The lowest BCUT2D eigenvalue weighted by Crippen LogP contribution is -2.33. The van der Waals surface area contributed by atoms with Crippen LogP contribution < -0.4 is 26.4 Å². The monoisotopic (exact) mass is 491 g/mol. The van der Waals surface area contributed by atoms with Crippen molar-refractivity contribution in [3.05, 3.63) is 99.6 Å². The van der Waals surface area contributed by atoms with Gasteiger partial charge in [-0.25, -0.2) is 0 Å². The molecule has 2 aliphatic heterocycles. The third-order valence-electron chi connectivity index (χ3n) is 5.23. The van der Waals surface area contributed by atoms with E-state index in [9.17, 15) is 4.79 Å². The van der Waals surface area contributed by atoms with Crippen molar-refractivity contribution < 1.29 is 9.47 Å². The first kappa shape index (κ1) is 22.5. The van der Waals surface area contributed by atoms with E-state index in [2.05, 4.69) is 31.4 Å². The summed E-state index contributed by atoms with van der Waals surface area (Å²) in [5, 5.41) is 19.3. The van der Waals surface area contributed by atoms with Gasteiger partial charge in [-0.05, 0) is 60.3 Å². The molecule has 3 aromatic rings. The number of aromatic nitrogens is 3. The van der Waals surface area contributed by atoms with Crippen molar-refractivity contribution in [2.45, 2.75) is 25.9 Å². The second kappa shape index (κ2) is 9.90. The first-order valence-electron chi connectivity index (χ1n) is 10.9. The SMILES string of the molecule is CC1=NNC(c2nnc(Nc3ccc(OC4C=CC=CN4)cc3)n(Cc3ccc(Cl)cc3)c2=O)O1. The molecule has 0 bridgehead atoms. The lowest BCUT2D eigenvalue weighted by molar-refractivity contribution is 0.180. The molecular weight excluding hydrogens is 470 g/mol. The van der Waals surface area contributed by atoms with Gasteiger partial charge in [0.25, 0.3) is 5.56 Å². The third-order valence-corrected chi connectivity index (χ3v) is 5.48. The van der Waals surface area contributed by atoms with Crippen LogP contribution in [0.1, 0.15) is 24.4 Å². The lowest BCUT2D eigenvalue weighted by atomic mass is 10.2. The zero-order chi connectivity index (χ0) is 24.2. The van der Waals surface area contributed by atoms with Crippen LogP contribution in [-0.4, -0.2) is 26.9 Å². The number of benzene rings is 2. The zero-order valence-corrected chi connectivity index (χ0v) is 19.4. The van der Waals surface area contributed by atoms with Crippen LogP contribution in [0.25, 0.3) is 0 Å². The highest BCUT2D eigenvalue weighted by atomic mass is 35.5. The highest BCUT2D eigenvalue weighted by Gasteiger charge is 2.26. The van der Waals surface area contributed by atoms with Crippen LogP contribution in [0.15, 0.2) is 82.9 Å². The molecule has 2 unspecified atom stereocenters. The number of hydrazone groups is 1. The van der Waals surface area contributed by atoms with Crippen LogP contribution in [0.3, 0.4) is 0 Å². The number of hydrogen-bond acceptors (Lipinski definition) is 9. The van der Waals surface area contributed by atoms with E-state index >= 15 is 0 Å². The Balaban J connectivity index is 1.40. The quantitative estimate of drug-likeness (QED) is 0.460. The van der Waals surface area contributed by atoms with Gasteiger partial charge in [0, 0.05) is 17.6 Å². The van der Waals surface area contributed by atoms with Crippen molar-refractivity contribution in [2.24, 2.45) is 5.10 Å². The lowest BCUT2D eigenvalue weighted by Gasteiger charge is -2.18. The summed E-state index contributed by atoms with van der Waals surface area (Å²) in [4.78, 5) is 13.4. The first-order valence-corrected chi connectivity index (χ1v) is 11.2. The van der Waals surface area contributed by atoms with Gasteiger partial charge in [-0.1, -0.05) is 29.8 Å². The minimum absolute atomic E-state index is 0.107. The number of anilines is 2. The van der Waals surface area contributed by atoms with E-state index in [0.29, 0.717) is 22.4 Å². The summed E-state index contributed by atoms with van der Waals surface area (Å²) >= 11 is 6.02. The Kier molecular flexibility index (Phi) is 6.36. The van der Waals surface area contributed by atoms with Gasteiger partial charge in [0.05, 0.1) is 6.54 Å². The Labute approximate surface area is 205 Å². The molecule has 0 fully saturated rings. The summed E-state index contributed by atoms with van der Waals surface area (Å²) in [5.74, 6) is 1.38. The molecule has 0 spiro atoms. The van der Waals surface area contributed by atoms with Gasteiger partial charge < -0.3 is 20.1 Å². The van der Waals surface area contributed by atoms with E-state index < -0.39 is 6.23 Å². The standard InChI is InChI=1S/C24H22ClN7O3/c1-15-28-30-22(34-15)21-23(33)32(14-16-5-7-17(25)8-6-16)24(31-29-21)27-18-9-11-19(12-10-18)35-20-4-2-3-13-26-20/h2-13,20,22,26,30H,14H2,1H3,(H,27,31). The molecule has 2 aromatic carbocycles. The van der Waals surface area contributed by atoms with Gasteiger partial charge in [-0.2, -0.15) is 0 Å². The van der Waals surface area contributed by atoms with E-state index in [1.165, 1.54) is 4.57 Å². The van der Waals surface area contributed by atoms with Crippen molar-refractivity contribution in [1.82, 2.24) is 25.5 Å². The molecule has 5 rings (SSSR count). The molecule has 3 N–H and O–H groups in total. The topological polar surface area (TPSA) is 115 Å². The van der Waals surface area contributed by atoms with Gasteiger partial charge in [0.2, 0.25) is 18.1 Å². The molecule has 10 nitrogen and oxygen atoms in total. The average Bonchev–Trinajstić information content (AvgIpc) is 3.30. The number of dihydropyridines is 1. The Morgan fingerprint density at radius 1 is 1.11 bits per heavy atom. The summed E-state index contributed by atoms with van der Waals surface area (Å²) in [7, 11) is 0. The second-order valence-corrected chi connectivity index (χ2v) is 8.22. The Morgan fingerprint density at radius 2 is 1.91 bits per heavy atom. The predicted molar refractivity (Wildman–Crippen MR) is 132 cm³/mol. The fourth-order valence-corrected chi connectivity index (χ4v) is 3.62. The maximum absolute atomic E-state index is 13.4. The summed E-state index contributed by atoms with van der Waals surface area (Å²) in [6, 6.07) is 14.6. The van der Waals surface area contributed by atoms with E-state index in [1.807, 2.05) is 60.8 Å². The highest BCUT2D eigenvalue weighted by molar-refractivity contribution is 6.30. The van der Waals surface area contributed by atoms with Gasteiger partial charge in [0.1, 0.15) is 5.75 Å². The molecule has 0 aliphatic carbocycles. The second-order valence-electron chi connectivity index (χ2n) is 7.78. The Morgan fingerprint density at radius 3 is 2.60 bits per heavy atom. The summed E-state index contributed by atoms with van der Waals surface area (Å²) in [6.45, 7) is 1.94. The van der Waals surface area contributed by atoms with Crippen molar-refractivity contribution in [2.75, 3.05) is 5.32 Å². The maximum Gasteiger partial charge on any atom is 0.283 e. The summed E-state index contributed by atoms with van der Waals surface area (Å²) < 4.78 is 12.9. The van der Waals surface area contributed by atoms with Crippen LogP contribution >= 0.6 is 11.6 Å². The normalized spacial score (nSPS) is 18.3. The van der Waals surface area contributed by atoms with Crippen LogP contribution in [0.2, 0.25) is 5.02 Å². The number of allylic oxidation sites excluding steroid dienone is 2. The number of hydrogen-bond donors (Lipinski definition) is 3. The van der Waals surface area contributed by atoms with E-state index in [-0.39, 0.29) is 30.0 Å². The van der Waals surface area contributed by atoms with Crippen molar-refractivity contribution in [1.29, 1.82) is 0 Å². The smallest absolute Gasteiger partial charge is 0.283 e. The molecule has 2 atom stereocenters. The van der Waals surface area contributed by atoms with Gasteiger partial charge in [-0.3, -0.25) is 14.8 Å². The minimum Gasteiger partial charge on any atom is -0.467 e. The van der Waals surface area contributed by atoms with E-state index in [1.54, 1.807) is 19.1 Å². The van der Waals surface area contributed by atoms with E-state index in [4.69, 9.17) is 21.1 Å². The fourth-order valence-electron chi connectivity index (χ4n) is 3.49. The zero-order valence-electron chi connectivity index (χ0n) is 18.7. The van der Waals surface area contributed by atoms with E-state index in [0.717, 1.165) is 5.56 Å². The Hall–Kier alpha value is -4.31. The molecule has 0 radical (unpaired) electrons. The molecule has 0 saturated heterocycles. The summed E-state index contributed by atoms with van der Waals surface area (Å²) in [5.41, 5.74) is 4.09. The number of rotatable bonds is 7. The highest BCUT2D eigenvalue weighted by Crippen LogP contribution is 2.21. The molecule has 1 aromatic heterocycles. The van der Waals surface area contributed by atoms with Crippen LogP contribution in [-0.2, 0) is 11.3 Å². The molecule has 2 aliphatic rings. The number of ether oxygens (including phenoxy) is 2. The molecule has 0 saturated carbocycles. The van der Waals surface area contributed by atoms with Crippen molar-refractivity contribution >= 4 is 29.1 Å². The molecule has 11 heteroatoms. The van der Waals surface area contributed by atoms with Crippen LogP contribution in [0.5, 0.6) is 5.75 Å². The maximum atomic E-state index is 13.4. The van der Waals surface area contributed by atoms with Gasteiger partial charge in [0.15, 0.2) is 11.9 Å². The van der Waals surface area contributed by atoms with Crippen LogP contribution in [0.4, 0.5) is 11.6 Å². The predicted octanol–water partition coefficient (Wildman–Crippen LogP) is 3.41. The van der Waals surface area contributed by atoms with Crippen molar-refractivity contribution in [3.8, 4) is 5.75 Å². The molecular formula is C24H22ClN7O3. The number of halogens is 1. The average molecular weight is 492 g/mol. The first-order chi connectivity index (χ1) is 17.0. The third kappa shape index (κ3) is 5.28. The fraction of sp³-hybridized carbons (Fsp3) is 0.167. The number of nitrogens with zero attached hydrogens (tertiary/aromatic N) is 4. The Bertz CT molecular complexity index is 1350. The van der Waals surface area contributed by atoms with Crippen LogP contribution in [0, 0.1) is 0 Å². The largest absolute Gasteiger partial charge is 0.467 e.